The number of carbonyl (C=O) groups is 2. The third kappa shape index (κ3) is 7.52. The monoisotopic (exact) mass is 400 g/mol. The van der Waals surface area contributed by atoms with Crippen molar-refractivity contribution < 1.29 is 19.1 Å². The maximum absolute atomic E-state index is 13.3. The summed E-state index contributed by atoms with van der Waals surface area (Å²) in [6, 6.07) is 9.51. The summed E-state index contributed by atoms with van der Waals surface area (Å²) in [7, 11) is 0. The van der Waals surface area contributed by atoms with Crippen LogP contribution in [0, 0.1) is 17.3 Å². The van der Waals surface area contributed by atoms with Crippen LogP contribution in [0.25, 0.3) is 0 Å². The molecule has 0 saturated heterocycles. The summed E-state index contributed by atoms with van der Waals surface area (Å²) in [6.45, 7) is 17.3. The second-order valence-corrected chi connectivity index (χ2v) is 8.92. The second kappa shape index (κ2) is 11.0. The summed E-state index contributed by atoms with van der Waals surface area (Å²) >= 11 is 0. The Kier molecular flexibility index (Phi) is 9.35. The highest BCUT2D eigenvalue weighted by molar-refractivity contribution is 5.86. The molecule has 0 bridgehead atoms. The van der Waals surface area contributed by atoms with E-state index in [1.54, 1.807) is 12.2 Å². The van der Waals surface area contributed by atoms with Crippen molar-refractivity contribution in [2.75, 3.05) is 0 Å². The zero-order valence-electron chi connectivity index (χ0n) is 18.6. The van der Waals surface area contributed by atoms with Crippen LogP contribution in [0.2, 0.25) is 0 Å². The molecule has 29 heavy (non-hydrogen) atoms. The van der Waals surface area contributed by atoms with Crippen molar-refractivity contribution in [2.45, 2.75) is 66.1 Å². The summed E-state index contributed by atoms with van der Waals surface area (Å²) in [5.41, 5.74) is -0.852. The molecule has 4 nitrogen and oxygen atoms in total. The van der Waals surface area contributed by atoms with Gasteiger partial charge in [0.25, 0.3) is 0 Å². The quantitative estimate of drug-likeness (QED) is 0.344. The number of rotatable bonds is 11. The normalized spacial score (nSPS) is 12.9. The smallest absolute Gasteiger partial charge is 0.314 e. The molecule has 0 amide bonds. The van der Waals surface area contributed by atoms with E-state index < -0.39 is 28.9 Å². The zero-order chi connectivity index (χ0) is 22.1. The molecule has 0 saturated carbocycles. The van der Waals surface area contributed by atoms with E-state index in [1.807, 2.05) is 65.0 Å². The predicted octanol–water partition coefficient (Wildman–Crippen LogP) is 5.87. The van der Waals surface area contributed by atoms with E-state index >= 15 is 0 Å². The molecule has 0 fully saturated rings. The number of allylic oxidation sites excluding steroid dienone is 2. The van der Waals surface area contributed by atoms with Gasteiger partial charge in [0, 0.05) is 0 Å². The summed E-state index contributed by atoms with van der Waals surface area (Å²) in [5.74, 6) is -1.26. The van der Waals surface area contributed by atoms with Gasteiger partial charge in [0.2, 0.25) is 0 Å². The van der Waals surface area contributed by atoms with Crippen molar-refractivity contribution in [2.24, 2.45) is 17.3 Å². The Labute approximate surface area is 176 Å². The van der Waals surface area contributed by atoms with E-state index in [2.05, 4.69) is 13.2 Å². The Balaban J connectivity index is 3.27. The number of hydrogen-bond acceptors (Lipinski definition) is 4. The van der Waals surface area contributed by atoms with Gasteiger partial charge in [-0.25, -0.2) is 0 Å². The highest BCUT2D eigenvalue weighted by Gasteiger charge is 2.50. The van der Waals surface area contributed by atoms with Crippen molar-refractivity contribution in [3.8, 4) is 0 Å². The Hall–Kier alpha value is -2.36. The van der Waals surface area contributed by atoms with Crippen molar-refractivity contribution in [3.63, 3.8) is 0 Å². The number of hydrogen-bond donors (Lipinski definition) is 0. The van der Waals surface area contributed by atoms with E-state index in [9.17, 15) is 9.59 Å². The van der Waals surface area contributed by atoms with Gasteiger partial charge in [0.15, 0.2) is 0 Å². The van der Waals surface area contributed by atoms with Gasteiger partial charge in [0.05, 0.1) is 11.3 Å². The van der Waals surface area contributed by atoms with Crippen LogP contribution >= 0.6 is 0 Å². The Morgan fingerprint density at radius 2 is 1.59 bits per heavy atom. The summed E-state index contributed by atoms with van der Waals surface area (Å²) < 4.78 is 11.4. The van der Waals surface area contributed by atoms with Gasteiger partial charge in [-0.15, -0.1) is 13.2 Å². The van der Waals surface area contributed by atoms with E-state index in [-0.39, 0.29) is 12.5 Å². The van der Waals surface area contributed by atoms with Crippen LogP contribution in [0.4, 0.5) is 0 Å². The molecule has 0 N–H and O–H groups in total. The molecule has 160 valence electrons. The van der Waals surface area contributed by atoms with E-state index in [0.29, 0.717) is 19.3 Å². The minimum absolute atomic E-state index is 0.168. The molecule has 0 aromatic heterocycles. The lowest BCUT2D eigenvalue weighted by Gasteiger charge is -2.38. The highest BCUT2D eigenvalue weighted by atomic mass is 16.6. The molecule has 1 rings (SSSR count). The van der Waals surface area contributed by atoms with Crippen molar-refractivity contribution in [3.05, 3.63) is 61.2 Å². The lowest BCUT2D eigenvalue weighted by atomic mass is 9.67. The van der Waals surface area contributed by atoms with Crippen LogP contribution in [-0.2, 0) is 25.7 Å². The number of benzene rings is 1. The van der Waals surface area contributed by atoms with Crippen LogP contribution < -0.4 is 0 Å². The van der Waals surface area contributed by atoms with Crippen LogP contribution in [0.3, 0.4) is 0 Å². The first-order chi connectivity index (χ1) is 13.6. The fourth-order valence-electron chi connectivity index (χ4n) is 3.42. The minimum atomic E-state index is -1.09. The SMILES string of the molecule is C=CCC(CC=C)(C(=O)OC(C)(C)C)[C@@H](CC(C)C)C(=O)OCc1ccccc1. The average Bonchev–Trinajstić information content (AvgIpc) is 2.63. The summed E-state index contributed by atoms with van der Waals surface area (Å²) in [4.78, 5) is 26.6. The average molecular weight is 401 g/mol. The molecule has 0 aliphatic rings. The molecular formula is C25H36O4. The third-order valence-corrected chi connectivity index (χ3v) is 4.71. The van der Waals surface area contributed by atoms with Gasteiger partial charge in [-0.1, -0.05) is 56.3 Å². The van der Waals surface area contributed by atoms with Crippen LogP contribution in [0.1, 0.15) is 59.4 Å². The largest absolute Gasteiger partial charge is 0.461 e. The molecule has 1 aromatic rings. The fraction of sp³-hybridized carbons (Fsp3) is 0.520. The molecule has 0 aliphatic carbocycles. The van der Waals surface area contributed by atoms with E-state index in [1.165, 1.54) is 0 Å². The highest BCUT2D eigenvalue weighted by Crippen LogP contribution is 2.43. The lowest BCUT2D eigenvalue weighted by Crippen LogP contribution is -2.46. The molecule has 0 radical (unpaired) electrons. The van der Waals surface area contributed by atoms with Crippen molar-refractivity contribution in [1.82, 2.24) is 0 Å². The topological polar surface area (TPSA) is 52.6 Å². The molecular weight excluding hydrogens is 364 g/mol. The first-order valence-electron chi connectivity index (χ1n) is 10.2. The molecule has 0 spiro atoms. The van der Waals surface area contributed by atoms with Gasteiger partial charge < -0.3 is 9.47 Å². The standard InChI is InChI=1S/C25H36O4/c1-8-15-25(16-9-2,23(27)29-24(5,6)7)21(17-19(3)4)22(26)28-18-20-13-11-10-12-14-20/h8-14,19,21H,1-2,15-18H2,3-7H3/t21-/m0/s1. The number of carbonyl (C=O) groups excluding carboxylic acids is 2. The first-order valence-corrected chi connectivity index (χ1v) is 10.2. The van der Waals surface area contributed by atoms with Gasteiger partial charge in [0.1, 0.15) is 12.2 Å². The summed E-state index contributed by atoms with van der Waals surface area (Å²) in [6.07, 6.45) is 4.47. The molecule has 1 atom stereocenters. The fourth-order valence-corrected chi connectivity index (χ4v) is 3.42. The van der Waals surface area contributed by atoms with E-state index in [0.717, 1.165) is 5.56 Å². The van der Waals surface area contributed by atoms with Crippen LogP contribution in [-0.4, -0.2) is 17.5 Å². The summed E-state index contributed by atoms with van der Waals surface area (Å²) in [5, 5.41) is 0. The van der Waals surface area contributed by atoms with Gasteiger partial charge in [-0.05, 0) is 51.5 Å². The first kappa shape index (κ1) is 24.7. The van der Waals surface area contributed by atoms with Crippen molar-refractivity contribution >= 4 is 11.9 Å². The van der Waals surface area contributed by atoms with Gasteiger partial charge in [-0.2, -0.15) is 0 Å². The molecule has 0 heterocycles. The number of ether oxygens (including phenoxy) is 2. The maximum Gasteiger partial charge on any atom is 0.314 e. The van der Waals surface area contributed by atoms with Gasteiger partial charge >= 0.3 is 11.9 Å². The van der Waals surface area contributed by atoms with Crippen LogP contribution in [0.5, 0.6) is 0 Å². The lowest BCUT2D eigenvalue weighted by molar-refractivity contribution is -0.179. The zero-order valence-corrected chi connectivity index (χ0v) is 18.6. The molecule has 1 aromatic carbocycles. The number of esters is 2. The third-order valence-electron chi connectivity index (χ3n) is 4.71. The predicted molar refractivity (Wildman–Crippen MR) is 117 cm³/mol. The van der Waals surface area contributed by atoms with Crippen LogP contribution in [0.15, 0.2) is 55.6 Å². The van der Waals surface area contributed by atoms with Gasteiger partial charge in [-0.3, -0.25) is 9.59 Å². The molecule has 0 unspecified atom stereocenters. The molecule has 4 heteroatoms. The van der Waals surface area contributed by atoms with Crippen molar-refractivity contribution in [1.29, 1.82) is 0 Å². The Morgan fingerprint density at radius 1 is 1.03 bits per heavy atom. The second-order valence-electron chi connectivity index (χ2n) is 8.92. The Morgan fingerprint density at radius 3 is 2.03 bits per heavy atom. The van der Waals surface area contributed by atoms with E-state index in [4.69, 9.17) is 9.47 Å². The molecule has 0 aliphatic heterocycles. The minimum Gasteiger partial charge on any atom is -0.461 e. The maximum atomic E-state index is 13.3. The Bertz CT molecular complexity index is 673.